The lowest BCUT2D eigenvalue weighted by Gasteiger charge is -2.23. The average molecular weight is 255 g/mol. The minimum absolute atomic E-state index is 0.107. The smallest absolute Gasteiger partial charge is 0.159 e. The van der Waals surface area contributed by atoms with Crippen molar-refractivity contribution in [2.24, 2.45) is 0 Å². The molecule has 2 aromatic rings. The van der Waals surface area contributed by atoms with Crippen LogP contribution in [-0.2, 0) is 6.54 Å². The first-order chi connectivity index (χ1) is 9.24. The van der Waals surface area contributed by atoms with Crippen molar-refractivity contribution in [2.45, 2.75) is 32.4 Å². The molecule has 0 aliphatic heterocycles. The van der Waals surface area contributed by atoms with E-state index in [0.717, 1.165) is 23.6 Å². The van der Waals surface area contributed by atoms with Gasteiger partial charge in [0.25, 0.3) is 0 Å². The third-order valence-electron chi connectivity index (χ3n) is 3.50. The molecule has 1 aliphatic carbocycles. The number of ketones is 1. The number of carbonyl (C=O) groups is 1. The Hall–Kier alpha value is -2.03. The normalized spacial score (nSPS) is 14.4. The van der Waals surface area contributed by atoms with Gasteiger partial charge in [-0.3, -0.25) is 4.79 Å². The molecule has 1 heterocycles. The summed E-state index contributed by atoms with van der Waals surface area (Å²) in [6, 6.07) is 12.4. The Balaban J connectivity index is 1.81. The molecule has 1 saturated carbocycles. The molecule has 0 amide bonds. The van der Waals surface area contributed by atoms with Crippen molar-refractivity contribution in [1.82, 2.24) is 0 Å². The average Bonchev–Trinajstić information content (AvgIpc) is 3.13. The van der Waals surface area contributed by atoms with Gasteiger partial charge in [-0.2, -0.15) is 0 Å². The summed E-state index contributed by atoms with van der Waals surface area (Å²) in [6.07, 6.45) is 4.17. The van der Waals surface area contributed by atoms with Crippen molar-refractivity contribution in [1.29, 1.82) is 0 Å². The molecule has 1 aromatic carbocycles. The molecule has 98 valence electrons. The molecular formula is C16H17NO2. The standard InChI is InChI=1S/C16H17NO2/c1-12(18)13-4-6-14(7-5-13)17(15-8-9-15)11-16-3-2-10-19-16/h2-7,10,15H,8-9,11H2,1H3. The maximum absolute atomic E-state index is 11.3. The highest BCUT2D eigenvalue weighted by atomic mass is 16.3. The Labute approximate surface area is 112 Å². The first-order valence-electron chi connectivity index (χ1n) is 6.64. The number of anilines is 1. The summed E-state index contributed by atoms with van der Waals surface area (Å²) in [5.74, 6) is 1.08. The van der Waals surface area contributed by atoms with Crippen LogP contribution in [0, 0.1) is 0 Å². The van der Waals surface area contributed by atoms with E-state index >= 15 is 0 Å². The van der Waals surface area contributed by atoms with Crippen LogP contribution in [0.2, 0.25) is 0 Å². The SMILES string of the molecule is CC(=O)c1ccc(N(Cc2ccco2)C2CC2)cc1. The van der Waals surface area contributed by atoms with Gasteiger partial charge in [0.1, 0.15) is 5.76 Å². The summed E-state index contributed by atoms with van der Waals surface area (Å²) in [5, 5.41) is 0. The second-order valence-electron chi connectivity index (χ2n) is 5.04. The predicted octanol–water partition coefficient (Wildman–Crippen LogP) is 3.65. The van der Waals surface area contributed by atoms with E-state index in [4.69, 9.17) is 4.42 Å². The second-order valence-corrected chi connectivity index (χ2v) is 5.04. The van der Waals surface area contributed by atoms with Gasteiger partial charge in [-0.1, -0.05) is 0 Å². The van der Waals surface area contributed by atoms with Gasteiger partial charge >= 0.3 is 0 Å². The predicted molar refractivity (Wildman–Crippen MR) is 74.4 cm³/mol. The second kappa shape index (κ2) is 4.92. The Bertz CT molecular complexity index is 553. The van der Waals surface area contributed by atoms with Gasteiger partial charge in [0.15, 0.2) is 5.78 Å². The Morgan fingerprint density at radius 1 is 1.26 bits per heavy atom. The molecule has 0 spiro atoms. The number of furan rings is 1. The molecule has 3 heteroatoms. The van der Waals surface area contributed by atoms with E-state index in [-0.39, 0.29) is 5.78 Å². The molecule has 0 radical (unpaired) electrons. The van der Waals surface area contributed by atoms with Crippen LogP contribution in [0.3, 0.4) is 0 Å². The highest BCUT2D eigenvalue weighted by Crippen LogP contribution is 2.33. The zero-order valence-corrected chi connectivity index (χ0v) is 11.0. The fourth-order valence-corrected chi connectivity index (χ4v) is 2.28. The first kappa shape index (κ1) is 12.0. The molecule has 0 saturated heterocycles. The molecule has 1 aliphatic rings. The van der Waals surface area contributed by atoms with E-state index in [1.807, 2.05) is 36.4 Å². The lowest BCUT2D eigenvalue weighted by Crippen LogP contribution is -2.24. The molecule has 1 fully saturated rings. The van der Waals surface area contributed by atoms with Crippen LogP contribution < -0.4 is 4.90 Å². The van der Waals surface area contributed by atoms with Crippen LogP contribution in [0.4, 0.5) is 5.69 Å². The highest BCUT2D eigenvalue weighted by Gasteiger charge is 2.29. The van der Waals surface area contributed by atoms with Crippen LogP contribution in [0.15, 0.2) is 47.1 Å². The zero-order chi connectivity index (χ0) is 13.2. The molecular weight excluding hydrogens is 238 g/mol. The molecule has 0 atom stereocenters. The zero-order valence-electron chi connectivity index (χ0n) is 11.0. The topological polar surface area (TPSA) is 33.5 Å². The number of hydrogen-bond acceptors (Lipinski definition) is 3. The van der Waals surface area contributed by atoms with Crippen LogP contribution in [0.25, 0.3) is 0 Å². The van der Waals surface area contributed by atoms with E-state index in [9.17, 15) is 4.79 Å². The highest BCUT2D eigenvalue weighted by molar-refractivity contribution is 5.94. The fourth-order valence-electron chi connectivity index (χ4n) is 2.28. The van der Waals surface area contributed by atoms with Crippen molar-refractivity contribution in [3.63, 3.8) is 0 Å². The molecule has 3 nitrogen and oxygen atoms in total. The van der Waals surface area contributed by atoms with Gasteiger partial charge < -0.3 is 9.32 Å². The van der Waals surface area contributed by atoms with Gasteiger partial charge in [0, 0.05) is 17.3 Å². The van der Waals surface area contributed by atoms with Crippen molar-refractivity contribution >= 4 is 11.5 Å². The number of carbonyl (C=O) groups excluding carboxylic acids is 1. The van der Waals surface area contributed by atoms with Gasteiger partial charge in [-0.25, -0.2) is 0 Å². The minimum atomic E-state index is 0.107. The molecule has 0 unspecified atom stereocenters. The monoisotopic (exact) mass is 255 g/mol. The fraction of sp³-hybridized carbons (Fsp3) is 0.312. The summed E-state index contributed by atoms with van der Waals surface area (Å²) in [5.41, 5.74) is 1.92. The van der Waals surface area contributed by atoms with E-state index in [1.165, 1.54) is 12.8 Å². The van der Waals surface area contributed by atoms with Crippen molar-refractivity contribution in [2.75, 3.05) is 4.90 Å². The van der Waals surface area contributed by atoms with Gasteiger partial charge in [0.05, 0.1) is 12.8 Å². The van der Waals surface area contributed by atoms with E-state index < -0.39 is 0 Å². The summed E-state index contributed by atoms with van der Waals surface area (Å²) >= 11 is 0. The number of rotatable bonds is 5. The van der Waals surface area contributed by atoms with Crippen LogP contribution in [-0.4, -0.2) is 11.8 Å². The largest absolute Gasteiger partial charge is 0.467 e. The van der Waals surface area contributed by atoms with Crippen LogP contribution in [0.5, 0.6) is 0 Å². The summed E-state index contributed by atoms with van der Waals surface area (Å²) in [6.45, 7) is 2.38. The van der Waals surface area contributed by atoms with E-state index in [0.29, 0.717) is 6.04 Å². The van der Waals surface area contributed by atoms with E-state index in [2.05, 4.69) is 4.90 Å². The lowest BCUT2D eigenvalue weighted by molar-refractivity contribution is 0.101. The first-order valence-corrected chi connectivity index (χ1v) is 6.64. The number of hydrogen-bond donors (Lipinski definition) is 0. The van der Waals surface area contributed by atoms with Crippen molar-refractivity contribution in [3.8, 4) is 0 Å². The minimum Gasteiger partial charge on any atom is -0.467 e. The van der Waals surface area contributed by atoms with Crippen LogP contribution in [0.1, 0.15) is 35.9 Å². The molecule has 3 rings (SSSR count). The quantitative estimate of drug-likeness (QED) is 0.765. The Kier molecular flexibility index (Phi) is 3.11. The summed E-state index contributed by atoms with van der Waals surface area (Å²) < 4.78 is 5.43. The van der Waals surface area contributed by atoms with Crippen molar-refractivity contribution < 1.29 is 9.21 Å². The molecule has 1 aromatic heterocycles. The third-order valence-corrected chi connectivity index (χ3v) is 3.50. The van der Waals surface area contributed by atoms with Gasteiger partial charge in [0.2, 0.25) is 0 Å². The summed E-state index contributed by atoms with van der Waals surface area (Å²) in [4.78, 5) is 13.7. The van der Waals surface area contributed by atoms with Gasteiger partial charge in [-0.15, -0.1) is 0 Å². The molecule has 0 bridgehead atoms. The number of Topliss-reactive ketones (excluding diaryl/α,β-unsaturated/α-hetero) is 1. The number of benzene rings is 1. The maximum Gasteiger partial charge on any atom is 0.159 e. The van der Waals surface area contributed by atoms with Crippen molar-refractivity contribution in [3.05, 3.63) is 54.0 Å². The van der Waals surface area contributed by atoms with Gasteiger partial charge in [-0.05, 0) is 56.2 Å². The Morgan fingerprint density at radius 3 is 2.53 bits per heavy atom. The summed E-state index contributed by atoms with van der Waals surface area (Å²) in [7, 11) is 0. The maximum atomic E-state index is 11.3. The lowest BCUT2D eigenvalue weighted by atomic mass is 10.1. The van der Waals surface area contributed by atoms with Crippen LogP contribution >= 0.6 is 0 Å². The molecule has 19 heavy (non-hydrogen) atoms. The Morgan fingerprint density at radius 2 is 2.00 bits per heavy atom. The third kappa shape index (κ3) is 2.70. The van der Waals surface area contributed by atoms with E-state index in [1.54, 1.807) is 13.2 Å². The molecule has 0 N–H and O–H groups in total. The number of nitrogens with zero attached hydrogens (tertiary/aromatic N) is 1.